The molecule has 9 nitrogen and oxygen atoms in total. The molecule has 1 aromatic carbocycles. The Bertz CT molecular complexity index is 671. The molecule has 0 aliphatic rings. The molecule has 13 heteroatoms. The summed E-state index contributed by atoms with van der Waals surface area (Å²) in [7, 11) is 2.50. The number of nitro groups is 1. The number of carbonyl (C=O) groups is 1. The van der Waals surface area contributed by atoms with Crippen LogP contribution in [0.25, 0.3) is 0 Å². The summed E-state index contributed by atoms with van der Waals surface area (Å²) < 4.78 is 7.37. The van der Waals surface area contributed by atoms with Gasteiger partial charge in [-0.2, -0.15) is 0 Å². The van der Waals surface area contributed by atoms with Gasteiger partial charge < -0.3 is 20.1 Å². The van der Waals surface area contributed by atoms with E-state index in [-0.39, 0.29) is 16.5 Å². The van der Waals surface area contributed by atoms with Gasteiger partial charge >= 0.3 is 6.09 Å². The van der Waals surface area contributed by atoms with Crippen LogP contribution in [0.4, 0.5) is 16.2 Å². The summed E-state index contributed by atoms with van der Waals surface area (Å²) in [6, 6.07) is 4.10. The first-order chi connectivity index (χ1) is 11.6. The van der Waals surface area contributed by atoms with E-state index in [0.29, 0.717) is 5.75 Å². The van der Waals surface area contributed by atoms with Crippen molar-refractivity contribution in [2.45, 2.75) is 9.96 Å². The molecule has 0 aliphatic heterocycles. The SMILES string of the molecule is COC(=O)NC(NC(=S)Nc1ccc(OC)cc1[N+](=O)[O-])C(Cl)(Cl)Cl. The third kappa shape index (κ3) is 6.58. The molecule has 0 heterocycles. The van der Waals surface area contributed by atoms with Gasteiger partial charge in [0.1, 0.15) is 11.4 Å². The number of hydrogen-bond donors (Lipinski definition) is 3. The summed E-state index contributed by atoms with van der Waals surface area (Å²) >= 11 is 22.3. The van der Waals surface area contributed by atoms with Crippen LogP contribution in [0.5, 0.6) is 5.75 Å². The molecule has 1 amide bonds. The van der Waals surface area contributed by atoms with Gasteiger partial charge in [0.15, 0.2) is 11.3 Å². The van der Waals surface area contributed by atoms with Gasteiger partial charge in [0, 0.05) is 0 Å². The highest BCUT2D eigenvalue weighted by Crippen LogP contribution is 2.30. The van der Waals surface area contributed by atoms with Gasteiger partial charge in [-0.25, -0.2) is 4.79 Å². The Kier molecular flexibility index (Phi) is 7.74. The van der Waals surface area contributed by atoms with Crippen LogP contribution in [-0.2, 0) is 4.74 Å². The first kappa shape index (κ1) is 21.3. The zero-order valence-corrected chi connectivity index (χ0v) is 15.9. The quantitative estimate of drug-likeness (QED) is 0.214. The number of nitrogens with zero attached hydrogens (tertiary/aromatic N) is 1. The third-order valence-electron chi connectivity index (χ3n) is 2.70. The van der Waals surface area contributed by atoms with Crippen LogP contribution in [0.15, 0.2) is 18.2 Å². The molecule has 0 saturated carbocycles. The molecular formula is C12H13Cl3N4O5S. The standard InChI is InChI=1S/C12H13Cl3N4O5S/c1-23-6-3-4-7(8(5-6)19(21)22)16-10(25)17-9(12(13,14)15)18-11(20)24-2/h3-5,9H,1-2H3,(H,18,20)(H2,16,17,25). The Morgan fingerprint density at radius 2 is 1.96 bits per heavy atom. The zero-order valence-electron chi connectivity index (χ0n) is 12.8. The number of amides is 1. The number of nitro benzene ring substituents is 1. The van der Waals surface area contributed by atoms with E-state index < -0.39 is 21.0 Å². The Morgan fingerprint density at radius 1 is 1.32 bits per heavy atom. The van der Waals surface area contributed by atoms with E-state index in [2.05, 4.69) is 20.7 Å². The average molecular weight is 432 g/mol. The van der Waals surface area contributed by atoms with Crippen LogP contribution in [0, 0.1) is 10.1 Å². The second kappa shape index (κ2) is 9.09. The number of alkyl carbamates (subject to hydrolysis) is 1. The Hall–Kier alpha value is -1.75. The molecule has 3 N–H and O–H groups in total. The minimum absolute atomic E-state index is 0.0736. The van der Waals surface area contributed by atoms with Gasteiger partial charge in [0.25, 0.3) is 5.69 Å². The number of thiocarbonyl (C=S) groups is 1. The molecule has 138 valence electrons. The molecule has 0 bridgehead atoms. The third-order valence-corrected chi connectivity index (χ3v) is 3.57. The number of rotatable bonds is 5. The number of anilines is 1. The van der Waals surface area contributed by atoms with Gasteiger partial charge in [-0.3, -0.25) is 15.4 Å². The summed E-state index contributed by atoms with van der Waals surface area (Å²) in [6.07, 6.45) is -2.13. The molecule has 0 aromatic heterocycles. The number of methoxy groups -OCH3 is 2. The van der Waals surface area contributed by atoms with Gasteiger partial charge in [-0.1, -0.05) is 34.8 Å². The van der Waals surface area contributed by atoms with Gasteiger partial charge in [0.2, 0.25) is 3.79 Å². The van der Waals surface area contributed by atoms with Gasteiger partial charge in [-0.15, -0.1) is 0 Å². The van der Waals surface area contributed by atoms with Crippen molar-refractivity contribution in [2.24, 2.45) is 0 Å². The highest BCUT2D eigenvalue weighted by atomic mass is 35.6. The summed E-state index contributed by atoms with van der Waals surface area (Å²) in [5.41, 5.74) is -0.209. The van der Waals surface area contributed by atoms with Crippen LogP contribution in [0.2, 0.25) is 0 Å². The second-order valence-electron chi connectivity index (χ2n) is 4.35. The fraction of sp³-hybridized carbons (Fsp3) is 0.333. The minimum atomic E-state index is -1.98. The minimum Gasteiger partial charge on any atom is -0.496 e. The van der Waals surface area contributed by atoms with Crippen molar-refractivity contribution in [3.8, 4) is 5.75 Å². The Labute approximate surface area is 163 Å². The molecule has 25 heavy (non-hydrogen) atoms. The van der Waals surface area contributed by atoms with Gasteiger partial charge in [-0.05, 0) is 24.4 Å². The van der Waals surface area contributed by atoms with E-state index >= 15 is 0 Å². The molecule has 0 fully saturated rings. The summed E-state index contributed by atoms with van der Waals surface area (Å²) in [4.78, 5) is 21.8. The van der Waals surface area contributed by atoms with Crippen LogP contribution in [-0.4, -0.2) is 40.3 Å². The van der Waals surface area contributed by atoms with Crippen LogP contribution < -0.4 is 20.7 Å². The number of ether oxygens (including phenoxy) is 2. The summed E-state index contributed by atoms with van der Waals surface area (Å²) in [6.45, 7) is 0. The maximum Gasteiger partial charge on any atom is 0.408 e. The number of nitrogens with one attached hydrogen (secondary N) is 3. The highest BCUT2D eigenvalue weighted by molar-refractivity contribution is 7.80. The number of hydrogen-bond acceptors (Lipinski definition) is 6. The van der Waals surface area contributed by atoms with E-state index in [0.717, 1.165) is 7.11 Å². The molecule has 0 aliphatic carbocycles. The largest absolute Gasteiger partial charge is 0.496 e. The van der Waals surface area contributed by atoms with Crippen molar-refractivity contribution >= 4 is 69.6 Å². The molecule has 1 unspecified atom stereocenters. The fourth-order valence-corrected chi connectivity index (χ4v) is 2.12. The van der Waals surface area contributed by atoms with Crippen molar-refractivity contribution in [3.63, 3.8) is 0 Å². The lowest BCUT2D eigenvalue weighted by Gasteiger charge is -2.27. The van der Waals surface area contributed by atoms with Crippen LogP contribution >= 0.6 is 47.0 Å². The van der Waals surface area contributed by atoms with Crippen LogP contribution in [0.3, 0.4) is 0 Å². The fourth-order valence-electron chi connectivity index (χ4n) is 1.56. The van der Waals surface area contributed by atoms with E-state index in [1.807, 2.05) is 0 Å². The first-order valence-corrected chi connectivity index (χ1v) is 7.93. The van der Waals surface area contributed by atoms with E-state index in [1.165, 1.54) is 25.3 Å². The normalized spacial score (nSPS) is 11.9. The van der Waals surface area contributed by atoms with Crippen molar-refractivity contribution in [3.05, 3.63) is 28.3 Å². The Balaban J connectivity index is 2.94. The molecule has 0 spiro atoms. The monoisotopic (exact) mass is 430 g/mol. The van der Waals surface area contributed by atoms with Crippen molar-refractivity contribution in [1.29, 1.82) is 0 Å². The van der Waals surface area contributed by atoms with E-state index in [9.17, 15) is 14.9 Å². The number of benzene rings is 1. The van der Waals surface area contributed by atoms with Crippen molar-refractivity contribution < 1.29 is 19.2 Å². The predicted octanol–water partition coefficient (Wildman–Crippen LogP) is 2.94. The molecule has 1 atom stereocenters. The summed E-state index contributed by atoms with van der Waals surface area (Å²) in [5.74, 6) is 0.294. The van der Waals surface area contributed by atoms with Crippen molar-refractivity contribution in [2.75, 3.05) is 19.5 Å². The number of alkyl halides is 3. The lowest BCUT2D eigenvalue weighted by Crippen LogP contribution is -2.56. The molecule has 1 aromatic rings. The lowest BCUT2D eigenvalue weighted by molar-refractivity contribution is -0.384. The molecular weight excluding hydrogens is 419 g/mol. The summed E-state index contributed by atoms with van der Waals surface area (Å²) in [5, 5.41) is 18.4. The number of carbonyl (C=O) groups excluding carboxylic acids is 1. The first-order valence-electron chi connectivity index (χ1n) is 6.39. The predicted molar refractivity (Wildman–Crippen MR) is 98.6 cm³/mol. The molecule has 0 radical (unpaired) electrons. The van der Waals surface area contributed by atoms with E-state index in [4.69, 9.17) is 51.8 Å². The smallest absolute Gasteiger partial charge is 0.408 e. The zero-order chi connectivity index (χ0) is 19.2. The average Bonchev–Trinajstić information content (AvgIpc) is 2.53. The maximum atomic E-state index is 11.3. The van der Waals surface area contributed by atoms with Crippen LogP contribution in [0.1, 0.15) is 0 Å². The molecule has 0 saturated heterocycles. The van der Waals surface area contributed by atoms with Crippen molar-refractivity contribution in [1.82, 2.24) is 10.6 Å². The highest BCUT2D eigenvalue weighted by Gasteiger charge is 2.35. The lowest BCUT2D eigenvalue weighted by atomic mass is 10.2. The maximum absolute atomic E-state index is 11.3. The van der Waals surface area contributed by atoms with E-state index in [1.54, 1.807) is 0 Å². The second-order valence-corrected chi connectivity index (χ2v) is 7.13. The topological polar surface area (TPSA) is 115 Å². The number of halogens is 3. The Morgan fingerprint density at radius 3 is 2.44 bits per heavy atom. The van der Waals surface area contributed by atoms with Gasteiger partial charge in [0.05, 0.1) is 25.2 Å². The molecule has 1 rings (SSSR count).